The minimum absolute atomic E-state index is 0.0210. The molecule has 2 aliphatic heterocycles. The molecule has 0 radical (unpaired) electrons. The molecule has 0 aromatic carbocycles. The summed E-state index contributed by atoms with van der Waals surface area (Å²) >= 11 is 0. The highest BCUT2D eigenvalue weighted by molar-refractivity contribution is 5.89. The molecule has 6 rings (SSSR count). The maximum Gasteiger partial charge on any atom is 0.257 e. The third-order valence-corrected chi connectivity index (χ3v) is 6.34. The molecule has 148 valence electrons. The van der Waals surface area contributed by atoms with Gasteiger partial charge in [-0.3, -0.25) is 14.8 Å². The van der Waals surface area contributed by atoms with E-state index in [0.717, 1.165) is 29.9 Å². The van der Waals surface area contributed by atoms with E-state index < -0.39 is 5.60 Å². The lowest BCUT2D eigenvalue weighted by molar-refractivity contribution is -0.177. The summed E-state index contributed by atoms with van der Waals surface area (Å²) in [7, 11) is 0. The van der Waals surface area contributed by atoms with E-state index in [1.165, 1.54) is 0 Å². The zero-order valence-corrected chi connectivity index (χ0v) is 15.8. The van der Waals surface area contributed by atoms with Gasteiger partial charge in [-0.25, -0.2) is 4.98 Å². The molecule has 3 aliphatic rings. The number of pyridine rings is 1. The van der Waals surface area contributed by atoms with E-state index in [1.54, 1.807) is 24.8 Å². The van der Waals surface area contributed by atoms with Gasteiger partial charge in [0.05, 0.1) is 30.6 Å². The van der Waals surface area contributed by atoms with Gasteiger partial charge >= 0.3 is 0 Å². The number of rotatable bonds is 4. The van der Waals surface area contributed by atoms with Crippen LogP contribution in [0, 0.1) is 0 Å². The fourth-order valence-electron chi connectivity index (χ4n) is 4.88. The van der Waals surface area contributed by atoms with Crippen molar-refractivity contribution in [3.05, 3.63) is 60.6 Å². The first-order valence-electron chi connectivity index (χ1n) is 10.0. The molecular weight excluding hydrogens is 370 g/mol. The van der Waals surface area contributed by atoms with E-state index in [0.29, 0.717) is 19.4 Å². The Bertz CT molecular complexity index is 1060. The SMILES string of the molecule is O=C1N2C(CC[C@H]2c2cnccn2)OC12CC(OCc1cccc3nccn13)C2. The Labute approximate surface area is 167 Å². The fourth-order valence-corrected chi connectivity index (χ4v) is 4.88. The number of carbonyl (C=O) groups excluding carboxylic acids is 1. The van der Waals surface area contributed by atoms with Crippen LogP contribution in [0.25, 0.3) is 5.65 Å². The Hall–Kier alpha value is -2.84. The standard InChI is InChI=1S/C21H21N5O3/c27-20-21(29-19-5-4-17(26(19)20)16-12-22-6-7-23-16)10-15(11-21)28-13-14-2-1-3-18-24-8-9-25(14)18/h1-3,6-9,12,15,17,19H,4-5,10-11,13H2/t15?,17-,19?,21?/m0/s1. The largest absolute Gasteiger partial charge is 0.372 e. The maximum absolute atomic E-state index is 13.2. The van der Waals surface area contributed by atoms with Crippen LogP contribution < -0.4 is 0 Å². The van der Waals surface area contributed by atoms with Gasteiger partial charge < -0.3 is 18.8 Å². The molecule has 0 bridgehead atoms. The van der Waals surface area contributed by atoms with Crippen LogP contribution in [0.1, 0.15) is 43.1 Å². The van der Waals surface area contributed by atoms with Crippen molar-refractivity contribution in [1.82, 2.24) is 24.3 Å². The molecule has 0 N–H and O–H groups in total. The van der Waals surface area contributed by atoms with E-state index in [1.807, 2.05) is 33.7 Å². The summed E-state index contributed by atoms with van der Waals surface area (Å²) in [5, 5.41) is 0. The molecule has 3 fully saturated rings. The predicted octanol–water partition coefficient (Wildman–Crippen LogP) is 2.26. The van der Waals surface area contributed by atoms with Crippen LogP contribution in [-0.4, -0.2) is 48.1 Å². The minimum atomic E-state index is -0.725. The van der Waals surface area contributed by atoms with Gasteiger partial charge in [-0.2, -0.15) is 0 Å². The summed E-state index contributed by atoms with van der Waals surface area (Å²) in [4.78, 5) is 28.0. The van der Waals surface area contributed by atoms with Crippen molar-refractivity contribution in [2.45, 2.75) is 56.3 Å². The normalized spacial score (nSPS) is 30.8. The van der Waals surface area contributed by atoms with Crippen molar-refractivity contribution in [3.63, 3.8) is 0 Å². The highest BCUT2D eigenvalue weighted by Crippen LogP contribution is 2.51. The second-order valence-electron chi connectivity index (χ2n) is 8.02. The topological polar surface area (TPSA) is 81.9 Å². The second-order valence-corrected chi connectivity index (χ2v) is 8.02. The lowest BCUT2D eigenvalue weighted by Gasteiger charge is -2.42. The maximum atomic E-state index is 13.2. The first-order chi connectivity index (χ1) is 14.2. The van der Waals surface area contributed by atoms with E-state index in [9.17, 15) is 4.79 Å². The van der Waals surface area contributed by atoms with Crippen LogP contribution in [0.5, 0.6) is 0 Å². The monoisotopic (exact) mass is 391 g/mol. The third kappa shape index (κ3) is 2.59. The van der Waals surface area contributed by atoms with Crippen LogP contribution in [0.4, 0.5) is 0 Å². The summed E-state index contributed by atoms with van der Waals surface area (Å²) < 4.78 is 14.4. The Morgan fingerprint density at radius 2 is 2.10 bits per heavy atom. The Morgan fingerprint density at radius 3 is 2.97 bits per heavy atom. The number of amides is 1. The zero-order valence-electron chi connectivity index (χ0n) is 15.8. The third-order valence-electron chi connectivity index (χ3n) is 6.34. The molecule has 2 atom stereocenters. The van der Waals surface area contributed by atoms with Crippen molar-refractivity contribution in [1.29, 1.82) is 0 Å². The molecule has 3 aromatic heterocycles. The van der Waals surface area contributed by atoms with Crippen molar-refractivity contribution in [2.75, 3.05) is 0 Å². The number of nitrogens with zero attached hydrogens (tertiary/aromatic N) is 5. The molecule has 1 aliphatic carbocycles. The minimum Gasteiger partial charge on any atom is -0.372 e. The number of ether oxygens (including phenoxy) is 2. The van der Waals surface area contributed by atoms with Crippen LogP contribution in [-0.2, 0) is 20.9 Å². The van der Waals surface area contributed by atoms with E-state index in [4.69, 9.17) is 9.47 Å². The van der Waals surface area contributed by atoms with Gasteiger partial charge in [-0.1, -0.05) is 6.07 Å². The number of fused-ring (bicyclic) bond motifs is 2. The van der Waals surface area contributed by atoms with Crippen LogP contribution >= 0.6 is 0 Å². The summed E-state index contributed by atoms with van der Waals surface area (Å²) in [6, 6.07) is 5.93. The number of imidazole rings is 1. The van der Waals surface area contributed by atoms with Gasteiger partial charge in [0.25, 0.3) is 5.91 Å². The van der Waals surface area contributed by atoms with Gasteiger partial charge in [0.1, 0.15) is 11.9 Å². The molecule has 1 amide bonds. The Kier molecular flexibility index (Phi) is 3.72. The lowest BCUT2D eigenvalue weighted by Crippen LogP contribution is -2.54. The molecule has 3 aromatic rings. The molecule has 5 heterocycles. The molecule has 1 saturated carbocycles. The number of hydrogen-bond acceptors (Lipinski definition) is 6. The first-order valence-corrected chi connectivity index (χ1v) is 10.0. The quantitative estimate of drug-likeness (QED) is 0.679. The molecule has 8 heteroatoms. The average molecular weight is 391 g/mol. The molecule has 2 saturated heterocycles. The van der Waals surface area contributed by atoms with E-state index >= 15 is 0 Å². The van der Waals surface area contributed by atoms with Gasteiger partial charge in [0.2, 0.25) is 0 Å². The second kappa shape index (κ2) is 6.33. The van der Waals surface area contributed by atoms with E-state index in [-0.39, 0.29) is 24.3 Å². The van der Waals surface area contributed by atoms with Crippen LogP contribution in [0.3, 0.4) is 0 Å². The fraction of sp³-hybridized carbons (Fsp3) is 0.429. The van der Waals surface area contributed by atoms with Crippen molar-refractivity contribution < 1.29 is 14.3 Å². The number of aromatic nitrogens is 4. The summed E-state index contributed by atoms with van der Waals surface area (Å²) in [5.74, 6) is 0.0761. The Balaban J connectivity index is 1.13. The Morgan fingerprint density at radius 1 is 1.17 bits per heavy atom. The molecule has 29 heavy (non-hydrogen) atoms. The van der Waals surface area contributed by atoms with Crippen molar-refractivity contribution >= 4 is 11.6 Å². The number of carbonyl (C=O) groups is 1. The zero-order chi connectivity index (χ0) is 19.4. The number of hydrogen-bond donors (Lipinski definition) is 0. The average Bonchev–Trinajstić information content (AvgIpc) is 3.42. The summed E-state index contributed by atoms with van der Waals surface area (Å²) in [6.07, 6.45) is 11.5. The smallest absolute Gasteiger partial charge is 0.257 e. The molecule has 1 spiro atoms. The van der Waals surface area contributed by atoms with Gasteiger partial charge in [0.15, 0.2) is 5.60 Å². The van der Waals surface area contributed by atoms with Gasteiger partial charge in [0, 0.05) is 43.3 Å². The molecule has 1 unspecified atom stereocenters. The summed E-state index contributed by atoms with van der Waals surface area (Å²) in [6.45, 7) is 0.484. The van der Waals surface area contributed by atoms with Crippen molar-refractivity contribution in [3.8, 4) is 0 Å². The summed E-state index contributed by atoms with van der Waals surface area (Å²) in [5.41, 5.74) is 2.06. The van der Waals surface area contributed by atoms with Crippen LogP contribution in [0.15, 0.2) is 49.2 Å². The molecular formula is C21H21N5O3. The highest BCUT2D eigenvalue weighted by Gasteiger charge is 2.63. The molecule has 8 nitrogen and oxygen atoms in total. The first kappa shape index (κ1) is 17.1. The van der Waals surface area contributed by atoms with Crippen molar-refractivity contribution in [2.24, 2.45) is 0 Å². The highest BCUT2D eigenvalue weighted by atomic mass is 16.6. The van der Waals surface area contributed by atoms with Crippen LogP contribution in [0.2, 0.25) is 0 Å². The lowest BCUT2D eigenvalue weighted by atomic mass is 9.76. The van der Waals surface area contributed by atoms with E-state index in [2.05, 4.69) is 15.0 Å². The predicted molar refractivity (Wildman–Crippen MR) is 101 cm³/mol. The van der Waals surface area contributed by atoms with Gasteiger partial charge in [-0.15, -0.1) is 0 Å². The van der Waals surface area contributed by atoms with Gasteiger partial charge in [-0.05, 0) is 25.0 Å².